The molecule has 0 unspecified atom stereocenters. The van der Waals surface area contributed by atoms with Crippen molar-refractivity contribution < 1.29 is 13.9 Å². The van der Waals surface area contributed by atoms with Gasteiger partial charge in [-0.1, -0.05) is 13.0 Å². The topological polar surface area (TPSA) is 115 Å². The number of rotatable bonds is 8. The average Bonchev–Trinajstić information content (AvgIpc) is 2.91. The number of hydrogen-bond acceptors (Lipinski definition) is 8. The van der Waals surface area contributed by atoms with Crippen LogP contribution >= 0.6 is 13.5 Å². The van der Waals surface area contributed by atoms with E-state index < -0.39 is 11.4 Å². The lowest BCUT2D eigenvalue weighted by Crippen LogP contribution is -2.22. The number of nitrogens with zero attached hydrogens (tertiary/aromatic N) is 5. The van der Waals surface area contributed by atoms with E-state index in [9.17, 15) is 9.18 Å². The molecule has 1 amide bonds. The van der Waals surface area contributed by atoms with E-state index in [0.717, 1.165) is 11.1 Å². The predicted molar refractivity (Wildman–Crippen MR) is 145 cm³/mol. The molecule has 0 saturated heterocycles. The Balaban J connectivity index is 0.00000380. The lowest BCUT2D eigenvalue weighted by atomic mass is 9.95. The van der Waals surface area contributed by atoms with Crippen LogP contribution in [-0.4, -0.2) is 51.5 Å². The number of anilines is 1. The molecule has 37 heavy (non-hydrogen) atoms. The fraction of sp³-hybridized carbons (Fsp3) is 0.308. The molecule has 4 aromatic rings. The fourth-order valence-corrected chi connectivity index (χ4v) is 3.81. The molecule has 3 aromatic heterocycles. The van der Waals surface area contributed by atoms with Crippen molar-refractivity contribution in [2.75, 3.05) is 26.0 Å². The van der Waals surface area contributed by atoms with Crippen LogP contribution in [0.2, 0.25) is 0 Å². The molecule has 2 N–H and O–H groups in total. The number of carbonyl (C=O) groups excluding carboxylic acids is 1. The van der Waals surface area contributed by atoms with Crippen molar-refractivity contribution >= 4 is 36.1 Å². The molecule has 0 aliphatic heterocycles. The molecule has 1 atom stereocenters. The number of fused-ring (bicyclic) bond motifs is 1. The number of amides is 1. The van der Waals surface area contributed by atoms with E-state index in [1.54, 1.807) is 25.6 Å². The van der Waals surface area contributed by atoms with Crippen LogP contribution in [-0.2, 0) is 10.3 Å². The maximum absolute atomic E-state index is 14.7. The molecule has 0 aliphatic rings. The molecule has 9 nitrogen and oxygen atoms in total. The zero-order valence-electron chi connectivity index (χ0n) is 21.3. The highest BCUT2D eigenvalue weighted by molar-refractivity contribution is 7.59. The first-order valence-corrected chi connectivity index (χ1v) is 11.5. The maximum atomic E-state index is 14.7. The molecule has 0 radical (unpaired) electrons. The van der Waals surface area contributed by atoms with Gasteiger partial charge in [-0.3, -0.25) is 9.78 Å². The fourth-order valence-electron chi connectivity index (χ4n) is 3.81. The van der Waals surface area contributed by atoms with Gasteiger partial charge in [0.05, 0.1) is 16.8 Å². The van der Waals surface area contributed by atoms with Gasteiger partial charge < -0.3 is 15.4 Å². The van der Waals surface area contributed by atoms with Gasteiger partial charge in [-0.25, -0.2) is 24.3 Å². The smallest absolute Gasteiger partial charge is 0.251 e. The van der Waals surface area contributed by atoms with E-state index in [0.29, 0.717) is 29.4 Å². The number of halogens is 1. The average molecular weight is 524 g/mol. The molecular weight excluding hydrogens is 493 g/mol. The molecule has 0 spiro atoms. The summed E-state index contributed by atoms with van der Waals surface area (Å²) in [6, 6.07) is 6.42. The number of pyridine rings is 1. The van der Waals surface area contributed by atoms with Crippen molar-refractivity contribution in [1.29, 1.82) is 0 Å². The third kappa shape index (κ3) is 5.83. The Kier molecular flexibility index (Phi) is 8.72. The third-order valence-electron chi connectivity index (χ3n) is 6.13. The van der Waals surface area contributed by atoms with Gasteiger partial charge in [-0.05, 0) is 31.5 Å². The summed E-state index contributed by atoms with van der Waals surface area (Å²) in [5.74, 6) is 0.301. The monoisotopic (exact) mass is 523 g/mol. The molecule has 1 aromatic carbocycles. The van der Waals surface area contributed by atoms with Gasteiger partial charge in [0.2, 0.25) is 0 Å². The van der Waals surface area contributed by atoms with Crippen molar-refractivity contribution in [2.45, 2.75) is 32.3 Å². The van der Waals surface area contributed by atoms with Crippen molar-refractivity contribution in [3.8, 4) is 11.3 Å². The van der Waals surface area contributed by atoms with Crippen molar-refractivity contribution in [1.82, 2.24) is 30.2 Å². The zero-order chi connectivity index (χ0) is 25.9. The zero-order valence-corrected chi connectivity index (χ0v) is 22.3. The number of nitrogens with one attached hydrogen (secondary N) is 2. The van der Waals surface area contributed by atoms with Crippen LogP contribution in [0.5, 0.6) is 0 Å². The minimum Gasteiger partial charge on any atom is -0.371 e. The van der Waals surface area contributed by atoms with Gasteiger partial charge in [0.25, 0.3) is 5.91 Å². The first-order valence-electron chi connectivity index (χ1n) is 11.5. The van der Waals surface area contributed by atoms with Gasteiger partial charge in [0.1, 0.15) is 23.6 Å². The summed E-state index contributed by atoms with van der Waals surface area (Å²) >= 11 is 0. The van der Waals surface area contributed by atoms with Gasteiger partial charge in [0, 0.05) is 62.2 Å². The lowest BCUT2D eigenvalue weighted by Gasteiger charge is -2.20. The number of aromatic nitrogens is 5. The van der Waals surface area contributed by atoms with Crippen LogP contribution in [0.3, 0.4) is 0 Å². The number of benzene rings is 1. The number of hydrogen-bond donors (Lipinski definition) is 2. The second kappa shape index (κ2) is 11.6. The van der Waals surface area contributed by atoms with E-state index in [1.165, 1.54) is 31.7 Å². The van der Waals surface area contributed by atoms with Crippen molar-refractivity contribution in [3.05, 3.63) is 72.0 Å². The van der Waals surface area contributed by atoms with Gasteiger partial charge in [-0.15, -0.1) is 0 Å². The second-order valence-electron chi connectivity index (χ2n) is 8.88. The van der Waals surface area contributed by atoms with Crippen molar-refractivity contribution in [2.24, 2.45) is 0 Å². The van der Waals surface area contributed by atoms with Crippen LogP contribution in [0.1, 0.15) is 48.4 Å². The first kappa shape index (κ1) is 27.9. The molecule has 11 heteroatoms. The Morgan fingerprint density at radius 2 is 1.84 bits per heavy atom. The Hall–Kier alpha value is -3.70. The summed E-state index contributed by atoms with van der Waals surface area (Å²) in [5, 5.41) is 6.08. The number of methoxy groups -OCH3 is 1. The number of ether oxygens (including phenoxy) is 1. The van der Waals surface area contributed by atoms with E-state index in [2.05, 4.69) is 35.6 Å². The van der Waals surface area contributed by atoms with Crippen LogP contribution in [0.15, 0.2) is 49.2 Å². The molecule has 0 saturated carbocycles. The highest BCUT2D eigenvalue weighted by atomic mass is 32.1. The number of carbonyl (C=O) groups is 1. The Morgan fingerprint density at radius 1 is 1.11 bits per heavy atom. The minimum absolute atomic E-state index is 0. The van der Waals surface area contributed by atoms with Gasteiger partial charge >= 0.3 is 0 Å². The molecule has 0 bridgehead atoms. The Bertz CT molecular complexity index is 1400. The summed E-state index contributed by atoms with van der Waals surface area (Å²) < 4.78 is 20.1. The van der Waals surface area contributed by atoms with Crippen LogP contribution in [0.4, 0.5) is 10.2 Å². The Morgan fingerprint density at radius 3 is 2.51 bits per heavy atom. The summed E-state index contributed by atoms with van der Waals surface area (Å²) in [4.78, 5) is 34.1. The van der Waals surface area contributed by atoms with Crippen LogP contribution in [0.25, 0.3) is 22.2 Å². The molecule has 4 rings (SSSR count). The van der Waals surface area contributed by atoms with E-state index >= 15 is 0 Å². The first-order chi connectivity index (χ1) is 17.2. The van der Waals surface area contributed by atoms with Gasteiger partial charge in [0.15, 0.2) is 5.82 Å². The molecule has 3 heterocycles. The predicted octanol–water partition coefficient (Wildman–Crippen LogP) is 4.19. The van der Waals surface area contributed by atoms with Crippen molar-refractivity contribution in [3.63, 3.8) is 0 Å². The maximum Gasteiger partial charge on any atom is 0.251 e. The standard InChI is InChI=1S/C26H28FN7O2.H2S/c1-15(17-6-7-19(27)22-18(24(35)28-4)8-9-29-23(17)22)11-30-21-10-20(33-14-34-21)16-12-31-25(32-13-16)26(2,3)36-5;/h6-10,12-15H,11H2,1-5H3,(H,28,35)(H,30,33,34);1H2/t15-;/m1./s1. The normalized spacial score (nSPS) is 12.1. The molecular formula is C26H30FN7O2S. The molecule has 0 fully saturated rings. The largest absolute Gasteiger partial charge is 0.371 e. The quantitative estimate of drug-likeness (QED) is 0.353. The third-order valence-corrected chi connectivity index (χ3v) is 6.13. The van der Waals surface area contributed by atoms with Gasteiger partial charge in [-0.2, -0.15) is 13.5 Å². The van der Waals surface area contributed by atoms with Crippen LogP contribution in [0, 0.1) is 5.82 Å². The Labute approximate surface area is 221 Å². The summed E-state index contributed by atoms with van der Waals surface area (Å²) in [5.41, 5.74) is 2.37. The summed E-state index contributed by atoms with van der Waals surface area (Å²) in [6.07, 6.45) is 6.41. The van der Waals surface area contributed by atoms with E-state index in [1.807, 2.05) is 26.8 Å². The minimum atomic E-state index is -0.590. The second-order valence-corrected chi connectivity index (χ2v) is 8.88. The highest BCUT2D eigenvalue weighted by Crippen LogP contribution is 2.29. The SMILES string of the molecule is CNC(=O)c1ccnc2c([C@H](C)CNc3cc(-c4cnc(C(C)(C)OC)nc4)ncn3)ccc(F)c12.S. The highest BCUT2D eigenvalue weighted by Gasteiger charge is 2.23. The summed E-state index contributed by atoms with van der Waals surface area (Å²) in [7, 11) is 3.13. The van der Waals surface area contributed by atoms with Crippen LogP contribution < -0.4 is 10.6 Å². The molecule has 194 valence electrons. The van der Waals surface area contributed by atoms with E-state index in [4.69, 9.17) is 4.74 Å². The lowest BCUT2D eigenvalue weighted by molar-refractivity contribution is 0.0115. The van der Waals surface area contributed by atoms with E-state index in [-0.39, 0.29) is 36.3 Å². The molecule has 0 aliphatic carbocycles. The summed E-state index contributed by atoms with van der Waals surface area (Å²) in [6.45, 7) is 6.30.